The standard InChI is InChI=1S/C39H47Cl2N9O7S/c1-46(2)13-3-4-33(54)48-16-17-50(34(55)23-48)36-6-5-25(58-36)7-11-42-31(52)10-18-57-19-12-43-32(53)22-49-15-9-30(45-49)26-20-28(40)38(41)39-37(26)27-21-47(35(56)24-51)14-8-29(27)44-39/h3-6,9,15,20,44,51H,7-8,10-14,16-19,21-24H2,1-2H3,(H,42,52)(H,43,53)/b4-3+. The number of aliphatic hydroxyl groups is 1. The molecule has 58 heavy (non-hydrogen) atoms. The Morgan fingerprint density at radius 1 is 1.03 bits per heavy atom. The first-order chi connectivity index (χ1) is 27.9. The molecule has 2 aliphatic heterocycles. The maximum atomic E-state index is 12.8. The third-order valence-electron chi connectivity index (χ3n) is 9.76. The summed E-state index contributed by atoms with van der Waals surface area (Å²) in [6.07, 6.45) is 6.35. The molecule has 0 aliphatic carbocycles. The highest BCUT2D eigenvalue weighted by Crippen LogP contribution is 2.42. The number of nitrogens with one attached hydrogen (secondary N) is 3. The molecular weight excluding hydrogens is 809 g/mol. The maximum absolute atomic E-state index is 12.8. The van der Waals surface area contributed by atoms with Crippen LogP contribution in [0.15, 0.2) is 42.6 Å². The average Bonchev–Trinajstić information content (AvgIpc) is 3.96. The number of rotatable bonds is 17. The molecule has 4 N–H and O–H groups in total. The Morgan fingerprint density at radius 3 is 2.62 bits per heavy atom. The van der Waals surface area contributed by atoms with Crippen LogP contribution in [0.1, 0.15) is 22.6 Å². The van der Waals surface area contributed by atoms with Gasteiger partial charge in [0.1, 0.15) is 19.7 Å². The number of benzene rings is 1. The predicted molar refractivity (Wildman–Crippen MR) is 222 cm³/mol. The number of aromatic amines is 1. The number of likely N-dealkylation sites (N-methyl/N-ethyl adjacent to an activating group) is 1. The van der Waals surface area contributed by atoms with Crippen molar-refractivity contribution in [2.75, 3.05) is 84.6 Å². The van der Waals surface area contributed by atoms with E-state index >= 15 is 0 Å². The molecule has 16 nitrogen and oxygen atoms in total. The van der Waals surface area contributed by atoms with Gasteiger partial charge in [-0.25, -0.2) is 0 Å². The molecule has 5 heterocycles. The number of carbonyl (C=O) groups is 5. The molecule has 0 unspecified atom stereocenters. The first-order valence-electron chi connectivity index (χ1n) is 19.0. The van der Waals surface area contributed by atoms with E-state index in [0.29, 0.717) is 78.9 Å². The summed E-state index contributed by atoms with van der Waals surface area (Å²) in [5.41, 5.74) is 3.75. The van der Waals surface area contributed by atoms with Crippen molar-refractivity contribution >= 4 is 80.0 Å². The highest BCUT2D eigenvalue weighted by molar-refractivity contribution is 7.16. The van der Waals surface area contributed by atoms with E-state index in [-0.39, 0.29) is 68.8 Å². The predicted octanol–water partition coefficient (Wildman–Crippen LogP) is 2.45. The third-order valence-corrected chi connectivity index (χ3v) is 11.7. The van der Waals surface area contributed by atoms with Crippen molar-refractivity contribution in [1.82, 2.24) is 40.1 Å². The molecule has 0 saturated carbocycles. The Bertz CT molecular complexity index is 2180. The van der Waals surface area contributed by atoms with E-state index in [4.69, 9.17) is 27.9 Å². The molecule has 3 aromatic heterocycles. The van der Waals surface area contributed by atoms with Crippen LogP contribution in [-0.4, -0.2) is 144 Å². The second-order valence-electron chi connectivity index (χ2n) is 14.2. The molecule has 4 aromatic rings. The zero-order chi connectivity index (χ0) is 41.3. The Labute approximate surface area is 349 Å². The minimum Gasteiger partial charge on any atom is -0.387 e. The van der Waals surface area contributed by atoms with Crippen LogP contribution in [0.25, 0.3) is 22.2 Å². The fourth-order valence-corrected chi connectivity index (χ4v) is 8.25. The van der Waals surface area contributed by atoms with Gasteiger partial charge in [0.2, 0.25) is 29.5 Å². The number of hydrogen-bond acceptors (Lipinski definition) is 10. The van der Waals surface area contributed by atoms with Gasteiger partial charge in [0.15, 0.2) is 0 Å². The van der Waals surface area contributed by atoms with Gasteiger partial charge in [0.05, 0.1) is 39.5 Å². The van der Waals surface area contributed by atoms with Crippen molar-refractivity contribution in [2.45, 2.75) is 32.4 Å². The molecule has 0 bridgehead atoms. The smallest absolute Gasteiger partial charge is 0.248 e. The second kappa shape index (κ2) is 19.8. The normalized spacial score (nSPS) is 14.5. The zero-order valence-electron chi connectivity index (χ0n) is 32.4. The van der Waals surface area contributed by atoms with Crippen LogP contribution < -0.4 is 15.5 Å². The lowest BCUT2D eigenvalue weighted by atomic mass is 9.99. The molecule has 2 aliphatic rings. The van der Waals surface area contributed by atoms with Gasteiger partial charge >= 0.3 is 0 Å². The van der Waals surface area contributed by atoms with Crippen LogP contribution in [0.5, 0.6) is 0 Å². The van der Waals surface area contributed by atoms with Crippen molar-refractivity contribution in [3.8, 4) is 11.3 Å². The first kappa shape index (κ1) is 42.8. The van der Waals surface area contributed by atoms with Crippen LogP contribution in [-0.2, 0) is 54.6 Å². The van der Waals surface area contributed by atoms with Crippen LogP contribution in [0.2, 0.25) is 10.0 Å². The quantitative estimate of drug-likeness (QED) is 0.0916. The number of piperazine rings is 1. The Balaban J connectivity index is 0.876. The van der Waals surface area contributed by atoms with E-state index in [9.17, 15) is 29.1 Å². The monoisotopic (exact) mass is 855 g/mol. The van der Waals surface area contributed by atoms with Crippen LogP contribution in [0.4, 0.5) is 5.00 Å². The van der Waals surface area contributed by atoms with Gasteiger partial charge in [0, 0.05) is 98.0 Å². The molecule has 1 saturated heterocycles. The number of fused-ring (bicyclic) bond motifs is 3. The molecular formula is C39H47Cl2N9O7S. The Kier molecular flexibility index (Phi) is 14.6. The molecule has 0 spiro atoms. The molecule has 310 valence electrons. The number of carbonyl (C=O) groups excluding carboxylic acids is 5. The van der Waals surface area contributed by atoms with Gasteiger partial charge in [-0.15, -0.1) is 11.3 Å². The van der Waals surface area contributed by atoms with E-state index in [1.165, 1.54) is 22.1 Å². The van der Waals surface area contributed by atoms with E-state index in [1.54, 1.807) is 39.1 Å². The van der Waals surface area contributed by atoms with Crippen LogP contribution >= 0.6 is 34.5 Å². The van der Waals surface area contributed by atoms with E-state index < -0.39 is 6.61 Å². The van der Waals surface area contributed by atoms with E-state index in [2.05, 4.69) is 20.7 Å². The van der Waals surface area contributed by atoms with E-state index in [0.717, 1.165) is 26.5 Å². The van der Waals surface area contributed by atoms with Gasteiger partial charge in [-0.2, -0.15) is 5.10 Å². The maximum Gasteiger partial charge on any atom is 0.248 e. The number of ether oxygens (including phenoxy) is 1. The van der Waals surface area contributed by atoms with Crippen molar-refractivity contribution in [2.24, 2.45) is 0 Å². The topological polar surface area (TPSA) is 185 Å². The number of halogens is 2. The Hall–Kier alpha value is -4.78. The summed E-state index contributed by atoms with van der Waals surface area (Å²) in [6, 6.07) is 7.35. The highest BCUT2D eigenvalue weighted by Gasteiger charge is 2.29. The highest BCUT2D eigenvalue weighted by atomic mass is 35.5. The number of aromatic nitrogens is 3. The molecule has 19 heteroatoms. The van der Waals surface area contributed by atoms with Gasteiger partial charge in [-0.1, -0.05) is 29.3 Å². The summed E-state index contributed by atoms with van der Waals surface area (Å²) >= 11 is 14.6. The first-order valence-corrected chi connectivity index (χ1v) is 20.5. The number of hydrogen-bond donors (Lipinski definition) is 4. The van der Waals surface area contributed by atoms with Gasteiger partial charge in [0.25, 0.3) is 0 Å². The van der Waals surface area contributed by atoms with Crippen LogP contribution in [0, 0.1) is 0 Å². The summed E-state index contributed by atoms with van der Waals surface area (Å²) in [6.45, 7) is 2.86. The third kappa shape index (κ3) is 10.6. The number of amides is 5. The molecule has 1 aromatic carbocycles. The summed E-state index contributed by atoms with van der Waals surface area (Å²) in [5.74, 6) is -1.06. The van der Waals surface area contributed by atoms with Crippen molar-refractivity contribution in [1.29, 1.82) is 0 Å². The SMILES string of the molecule is CN(C)C/C=C/C(=O)N1CCN(c2ccc(CCNC(=O)CCOCCNC(=O)Cn3ccc(-c4cc(Cl)c(Cl)c5[nH]c6c(c45)CN(C(=O)CO)CC6)n3)s2)C(=O)C1. The summed E-state index contributed by atoms with van der Waals surface area (Å²) in [5, 5.41) is 22.0. The number of H-pyrrole nitrogens is 1. The lowest BCUT2D eigenvalue weighted by molar-refractivity contribution is -0.135. The lowest BCUT2D eigenvalue weighted by Crippen LogP contribution is -2.51. The number of anilines is 1. The second-order valence-corrected chi connectivity index (χ2v) is 16.1. The van der Waals surface area contributed by atoms with Gasteiger partial charge < -0.3 is 45.1 Å². The van der Waals surface area contributed by atoms with Crippen molar-refractivity contribution in [3.63, 3.8) is 0 Å². The molecule has 0 radical (unpaired) electrons. The minimum atomic E-state index is -0.568. The van der Waals surface area contributed by atoms with E-state index in [1.807, 2.05) is 31.1 Å². The molecule has 1 fully saturated rings. The largest absolute Gasteiger partial charge is 0.387 e. The lowest BCUT2D eigenvalue weighted by Gasteiger charge is -2.33. The zero-order valence-corrected chi connectivity index (χ0v) is 34.7. The summed E-state index contributed by atoms with van der Waals surface area (Å²) < 4.78 is 7.08. The molecule has 6 rings (SSSR count). The fraction of sp³-hybridized carbons (Fsp3) is 0.436. The number of thiophene rings is 1. The van der Waals surface area contributed by atoms with Crippen LogP contribution in [0.3, 0.4) is 0 Å². The van der Waals surface area contributed by atoms with Crippen molar-refractivity contribution in [3.05, 3.63) is 68.8 Å². The summed E-state index contributed by atoms with van der Waals surface area (Å²) in [7, 11) is 3.84. The number of nitrogens with zero attached hydrogens (tertiary/aromatic N) is 6. The fourth-order valence-electron chi connectivity index (χ4n) is 6.80. The molecule has 0 atom stereocenters. The summed E-state index contributed by atoms with van der Waals surface area (Å²) in [4.78, 5) is 73.8. The molecule has 5 amide bonds. The van der Waals surface area contributed by atoms with Crippen molar-refractivity contribution < 1.29 is 33.8 Å². The number of aliphatic hydroxyl groups excluding tert-OH is 1. The minimum absolute atomic E-state index is 0.0358. The Morgan fingerprint density at radius 2 is 1.84 bits per heavy atom. The van der Waals surface area contributed by atoms with Gasteiger partial charge in [-0.3, -0.25) is 28.7 Å². The average molecular weight is 857 g/mol. The van der Waals surface area contributed by atoms with Gasteiger partial charge in [-0.05, 0) is 44.8 Å².